The van der Waals surface area contributed by atoms with E-state index in [1.54, 1.807) is 9.80 Å². The monoisotopic (exact) mass is 446 g/mol. The molecule has 2 fully saturated rings. The quantitative estimate of drug-likeness (QED) is 0.377. The molecule has 2 saturated heterocycles. The molecule has 0 aromatic rings. The smallest absolute Gasteiger partial charge is 0.313 e. The molecule has 0 aliphatic carbocycles. The second-order valence-electron chi connectivity index (χ2n) is 9.66. The SMILES string of the molecule is CC(C)N1CC=C[C@]23O[C@]4(C)C=CCCOC(=O)[C@@H]4[C@H]2C(=O)N(CCCCCO)C3C1=O. The number of aliphatic hydroxyl groups excluding tert-OH is 1. The van der Waals surface area contributed by atoms with Crippen LogP contribution in [0, 0.1) is 11.8 Å². The second-order valence-corrected chi connectivity index (χ2v) is 9.66. The summed E-state index contributed by atoms with van der Waals surface area (Å²) in [5.41, 5.74) is -2.25. The minimum Gasteiger partial charge on any atom is -0.465 e. The first-order valence-electron chi connectivity index (χ1n) is 11.7. The molecule has 1 unspecified atom stereocenters. The zero-order valence-electron chi connectivity index (χ0n) is 19.2. The average molecular weight is 447 g/mol. The Labute approximate surface area is 189 Å². The van der Waals surface area contributed by atoms with Gasteiger partial charge in [0.2, 0.25) is 11.8 Å². The summed E-state index contributed by atoms with van der Waals surface area (Å²) in [4.78, 5) is 44.1. The van der Waals surface area contributed by atoms with E-state index in [4.69, 9.17) is 14.6 Å². The van der Waals surface area contributed by atoms with Gasteiger partial charge in [0, 0.05) is 25.7 Å². The average Bonchev–Trinajstić information content (AvgIpc) is 3.04. The minimum absolute atomic E-state index is 0.0387. The van der Waals surface area contributed by atoms with E-state index in [9.17, 15) is 14.4 Å². The number of esters is 1. The molecule has 1 N–H and O–H groups in total. The lowest BCUT2D eigenvalue weighted by molar-refractivity contribution is -0.160. The summed E-state index contributed by atoms with van der Waals surface area (Å²) in [7, 11) is 0. The first kappa shape index (κ1) is 23.0. The number of hydrogen-bond acceptors (Lipinski definition) is 6. The van der Waals surface area contributed by atoms with E-state index in [0.29, 0.717) is 32.4 Å². The van der Waals surface area contributed by atoms with Gasteiger partial charge in [0.15, 0.2) is 0 Å². The van der Waals surface area contributed by atoms with E-state index in [1.165, 1.54) is 0 Å². The lowest BCUT2D eigenvalue weighted by Gasteiger charge is -2.38. The van der Waals surface area contributed by atoms with Crippen LogP contribution in [0.4, 0.5) is 0 Å². The number of cyclic esters (lactones) is 1. The van der Waals surface area contributed by atoms with Gasteiger partial charge in [0.25, 0.3) is 0 Å². The van der Waals surface area contributed by atoms with Crippen molar-refractivity contribution >= 4 is 17.8 Å². The van der Waals surface area contributed by atoms with Crippen molar-refractivity contribution in [3.63, 3.8) is 0 Å². The molecule has 0 bridgehead atoms. The summed E-state index contributed by atoms with van der Waals surface area (Å²) in [6.07, 6.45) is 10.2. The minimum atomic E-state index is -1.22. The van der Waals surface area contributed by atoms with Crippen LogP contribution in [0.5, 0.6) is 0 Å². The largest absolute Gasteiger partial charge is 0.465 e. The predicted molar refractivity (Wildman–Crippen MR) is 116 cm³/mol. The molecule has 4 rings (SSSR count). The maximum Gasteiger partial charge on any atom is 0.313 e. The zero-order valence-corrected chi connectivity index (χ0v) is 19.2. The number of rotatable bonds is 6. The van der Waals surface area contributed by atoms with Gasteiger partial charge in [-0.25, -0.2) is 0 Å². The van der Waals surface area contributed by atoms with Crippen LogP contribution in [-0.2, 0) is 23.9 Å². The van der Waals surface area contributed by atoms with Crippen LogP contribution >= 0.6 is 0 Å². The highest BCUT2D eigenvalue weighted by Gasteiger charge is 2.74. The lowest BCUT2D eigenvalue weighted by Crippen LogP contribution is -2.57. The molecule has 5 atom stereocenters. The first-order valence-corrected chi connectivity index (χ1v) is 11.7. The number of ether oxygens (including phenoxy) is 2. The van der Waals surface area contributed by atoms with Crippen molar-refractivity contribution in [2.75, 3.05) is 26.3 Å². The molecule has 4 heterocycles. The van der Waals surface area contributed by atoms with Gasteiger partial charge in [-0.3, -0.25) is 14.4 Å². The van der Waals surface area contributed by atoms with Crippen molar-refractivity contribution in [1.82, 2.24) is 9.80 Å². The number of aliphatic hydroxyl groups is 1. The normalized spacial score (nSPS) is 36.5. The number of unbranched alkanes of at least 4 members (excludes halogenated alkanes) is 2. The van der Waals surface area contributed by atoms with Gasteiger partial charge < -0.3 is 24.4 Å². The number of amides is 2. The van der Waals surface area contributed by atoms with Crippen molar-refractivity contribution in [3.05, 3.63) is 24.3 Å². The molecule has 0 saturated carbocycles. The van der Waals surface area contributed by atoms with Gasteiger partial charge in [0.1, 0.15) is 17.6 Å². The van der Waals surface area contributed by atoms with E-state index in [0.717, 1.165) is 6.42 Å². The van der Waals surface area contributed by atoms with Gasteiger partial charge in [0.05, 0.1) is 18.1 Å². The molecule has 2 amide bonds. The van der Waals surface area contributed by atoms with Crippen molar-refractivity contribution in [2.45, 2.75) is 69.7 Å². The van der Waals surface area contributed by atoms with Gasteiger partial charge >= 0.3 is 5.97 Å². The molecule has 0 radical (unpaired) electrons. The summed E-state index contributed by atoms with van der Waals surface area (Å²) >= 11 is 0. The molecule has 4 aliphatic heterocycles. The first-order chi connectivity index (χ1) is 15.3. The molecule has 32 heavy (non-hydrogen) atoms. The molecule has 0 aromatic carbocycles. The van der Waals surface area contributed by atoms with Crippen molar-refractivity contribution in [3.8, 4) is 0 Å². The fraction of sp³-hybridized carbons (Fsp3) is 0.708. The molecule has 4 aliphatic rings. The Kier molecular flexibility index (Phi) is 6.20. The Balaban J connectivity index is 1.79. The molecular weight excluding hydrogens is 412 g/mol. The van der Waals surface area contributed by atoms with Crippen LogP contribution in [0.3, 0.4) is 0 Å². The highest BCUT2D eigenvalue weighted by Crippen LogP contribution is 2.57. The summed E-state index contributed by atoms with van der Waals surface area (Å²) in [5, 5.41) is 9.11. The third-order valence-electron chi connectivity index (χ3n) is 7.23. The number of likely N-dealkylation sites (tertiary alicyclic amines) is 1. The Morgan fingerprint density at radius 3 is 2.59 bits per heavy atom. The molecule has 8 nitrogen and oxygen atoms in total. The van der Waals surface area contributed by atoms with E-state index < -0.39 is 35.0 Å². The number of fused-ring (bicyclic) bond motifs is 2. The fourth-order valence-corrected chi connectivity index (χ4v) is 5.78. The molecular formula is C24H34N2O6. The van der Waals surface area contributed by atoms with Crippen LogP contribution in [0.2, 0.25) is 0 Å². The number of carbonyl (C=O) groups is 3. The van der Waals surface area contributed by atoms with E-state index in [2.05, 4.69) is 0 Å². The number of nitrogens with zero attached hydrogens (tertiary/aromatic N) is 2. The maximum absolute atomic E-state index is 13.8. The highest BCUT2D eigenvalue weighted by atomic mass is 16.6. The Morgan fingerprint density at radius 1 is 1.09 bits per heavy atom. The van der Waals surface area contributed by atoms with Crippen LogP contribution < -0.4 is 0 Å². The molecule has 176 valence electrons. The second kappa shape index (κ2) is 8.63. The maximum atomic E-state index is 13.8. The van der Waals surface area contributed by atoms with E-state index in [-0.39, 0.29) is 31.1 Å². The highest BCUT2D eigenvalue weighted by molar-refractivity contribution is 5.99. The summed E-state index contributed by atoms with van der Waals surface area (Å²) in [5.74, 6) is -2.48. The molecule has 1 spiro atoms. The Hall–Kier alpha value is -2.19. The van der Waals surface area contributed by atoms with Gasteiger partial charge in [-0.05, 0) is 46.5 Å². The van der Waals surface area contributed by atoms with E-state index >= 15 is 0 Å². The van der Waals surface area contributed by atoms with Crippen LogP contribution in [0.15, 0.2) is 24.3 Å². The third-order valence-corrected chi connectivity index (χ3v) is 7.23. The van der Waals surface area contributed by atoms with E-state index in [1.807, 2.05) is 45.1 Å². The standard InChI is InChI=1S/C24H34N2O6/c1-16(2)25-13-9-11-24-17(18-22(30)31-15-8-5-10-23(18,3)32-24)20(28)26(19(24)21(25)29)12-6-4-7-14-27/h5,9-11,16-19,27H,4,6-8,12-15H2,1-3H3/t17-,18-,19?,23+,24-/m0/s1. The summed E-state index contributed by atoms with van der Waals surface area (Å²) < 4.78 is 12.1. The zero-order chi connectivity index (χ0) is 23.1. The summed E-state index contributed by atoms with van der Waals surface area (Å²) in [6.45, 7) is 6.88. The lowest BCUT2D eigenvalue weighted by atomic mass is 9.74. The van der Waals surface area contributed by atoms with Crippen molar-refractivity contribution < 1.29 is 29.0 Å². The topological polar surface area (TPSA) is 96.4 Å². The molecule has 8 heteroatoms. The number of hydrogen-bond donors (Lipinski definition) is 1. The summed E-state index contributed by atoms with van der Waals surface area (Å²) in [6, 6.07) is -0.871. The Morgan fingerprint density at radius 2 is 1.88 bits per heavy atom. The Bertz CT molecular complexity index is 838. The van der Waals surface area contributed by atoms with Crippen LogP contribution in [0.1, 0.15) is 46.5 Å². The third kappa shape index (κ3) is 3.48. The van der Waals surface area contributed by atoms with Crippen LogP contribution in [-0.4, -0.2) is 82.3 Å². The number of carbonyl (C=O) groups excluding carboxylic acids is 3. The van der Waals surface area contributed by atoms with Gasteiger partial charge in [-0.15, -0.1) is 0 Å². The van der Waals surface area contributed by atoms with Crippen LogP contribution in [0.25, 0.3) is 0 Å². The van der Waals surface area contributed by atoms with Gasteiger partial charge in [-0.2, -0.15) is 0 Å². The van der Waals surface area contributed by atoms with Crippen molar-refractivity contribution in [2.24, 2.45) is 11.8 Å². The van der Waals surface area contributed by atoms with Crippen molar-refractivity contribution in [1.29, 1.82) is 0 Å². The van der Waals surface area contributed by atoms with Gasteiger partial charge in [-0.1, -0.05) is 24.3 Å². The molecule has 0 aromatic heterocycles. The predicted octanol–water partition coefficient (Wildman–Crippen LogP) is 1.43. The fourth-order valence-electron chi connectivity index (χ4n) is 5.78.